The summed E-state index contributed by atoms with van der Waals surface area (Å²) < 4.78 is 5.29. The standard InChI is InChI=1S/C23H27N3O4/c1-5-23(18-11-12-19(30-4)16(2)13-18)21(28)26(22(29)24-23)15-20(27)25(3)14-17-9-7-6-8-10-17/h6-13H,5,14-15H2,1-4H3,(H,24,29). The second-order valence-corrected chi connectivity index (χ2v) is 7.50. The number of carbonyl (C=O) groups is 3. The molecule has 1 heterocycles. The molecule has 1 aliphatic heterocycles. The molecule has 1 unspecified atom stereocenters. The van der Waals surface area contributed by atoms with Crippen LogP contribution in [0.15, 0.2) is 48.5 Å². The van der Waals surface area contributed by atoms with Crippen molar-refractivity contribution in [3.63, 3.8) is 0 Å². The van der Waals surface area contributed by atoms with Gasteiger partial charge in [0.25, 0.3) is 5.91 Å². The number of rotatable bonds is 7. The highest BCUT2D eigenvalue weighted by Gasteiger charge is 2.51. The summed E-state index contributed by atoms with van der Waals surface area (Å²) in [5, 5.41) is 2.82. The lowest BCUT2D eigenvalue weighted by Gasteiger charge is -2.27. The topological polar surface area (TPSA) is 79.0 Å². The van der Waals surface area contributed by atoms with E-state index in [1.807, 2.05) is 50.2 Å². The average Bonchev–Trinajstić information content (AvgIpc) is 2.99. The van der Waals surface area contributed by atoms with Gasteiger partial charge >= 0.3 is 6.03 Å². The smallest absolute Gasteiger partial charge is 0.325 e. The van der Waals surface area contributed by atoms with Crippen molar-refractivity contribution in [2.45, 2.75) is 32.4 Å². The third-order valence-electron chi connectivity index (χ3n) is 5.58. The van der Waals surface area contributed by atoms with Crippen LogP contribution in [-0.2, 0) is 21.7 Å². The Labute approximate surface area is 176 Å². The molecular weight excluding hydrogens is 382 g/mol. The van der Waals surface area contributed by atoms with Crippen LogP contribution in [-0.4, -0.2) is 48.3 Å². The molecule has 158 valence electrons. The van der Waals surface area contributed by atoms with Crippen molar-refractivity contribution < 1.29 is 19.1 Å². The third kappa shape index (κ3) is 3.87. The number of imide groups is 1. The van der Waals surface area contributed by atoms with Gasteiger partial charge in [0.15, 0.2) is 0 Å². The Kier molecular flexibility index (Phi) is 6.10. The number of aryl methyl sites for hydroxylation is 1. The summed E-state index contributed by atoms with van der Waals surface area (Å²) in [6.45, 7) is 3.82. The van der Waals surface area contributed by atoms with E-state index in [-0.39, 0.29) is 12.5 Å². The average molecular weight is 409 g/mol. The molecule has 0 radical (unpaired) electrons. The summed E-state index contributed by atoms with van der Waals surface area (Å²) in [5.41, 5.74) is 1.32. The van der Waals surface area contributed by atoms with Gasteiger partial charge in [0, 0.05) is 13.6 Å². The first kappa shape index (κ1) is 21.4. The van der Waals surface area contributed by atoms with Crippen molar-refractivity contribution in [3.05, 3.63) is 65.2 Å². The van der Waals surface area contributed by atoms with Gasteiger partial charge in [0.2, 0.25) is 5.91 Å². The van der Waals surface area contributed by atoms with Gasteiger partial charge in [-0.25, -0.2) is 4.79 Å². The second-order valence-electron chi connectivity index (χ2n) is 7.50. The molecule has 30 heavy (non-hydrogen) atoms. The molecule has 7 heteroatoms. The molecule has 0 bridgehead atoms. The Morgan fingerprint density at radius 2 is 1.87 bits per heavy atom. The summed E-state index contributed by atoms with van der Waals surface area (Å²) in [4.78, 5) is 41.2. The van der Waals surface area contributed by atoms with E-state index in [1.165, 1.54) is 4.90 Å². The van der Waals surface area contributed by atoms with E-state index in [2.05, 4.69) is 5.32 Å². The van der Waals surface area contributed by atoms with Crippen LogP contribution in [0.2, 0.25) is 0 Å². The summed E-state index contributed by atoms with van der Waals surface area (Å²) in [6, 6.07) is 14.4. The van der Waals surface area contributed by atoms with Crippen LogP contribution in [0.25, 0.3) is 0 Å². The van der Waals surface area contributed by atoms with Crippen molar-refractivity contribution in [1.82, 2.24) is 15.1 Å². The number of hydrogen-bond acceptors (Lipinski definition) is 4. The van der Waals surface area contributed by atoms with Gasteiger partial charge in [-0.05, 0) is 42.2 Å². The van der Waals surface area contributed by atoms with Crippen molar-refractivity contribution >= 4 is 17.8 Å². The minimum Gasteiger partial charge on any atom is -0.496 e. The highest BCUT2D eigenvalue weighted by molar-refractivity contribution is 6.09. The summed E-state index contributed by atoms with van der Waals surface area (Å²) >= 11 is 0. The monoisotopic (exact) mass is 409 g/mol. The summed E-state index contributed by atoms with van der Waals surface area (Å²) in [6.07, 6.45) is 0.369. The number of ether oxygens (including phenoxy) is 1. The van der Waals surface area contributed by atoms with Crippen molar-refractivity contribution in [1.29, 1.82) is 0 Å². The lowest BCUT2D eigenvalue weighted by molar-refractivity contribution is -0.138. The van der Waals surface area contributed by atoms with Crippen LogP contribution < -0.4 is 10.1 Å². The molecule has 0 spiro atoms. The van der Waals surface area contributed by atoms with E-state index in [4.69, 9.17) is 4.74 Å². The molecule has 7 nitrogen and oxygen atoms in total. The number of nitrogens with zero attached hydrogens (tertiary/aromatic N) is 2. The minimum absolute atomic E-state index is 0.301. The number of benzene rings is 2. The molecule has 4 amide bonds. The van der Waals surface area contributed by atoms with E-state index in [0.29, 0.717) is 24.3 Å². The first-order valence-corrected chi connectivity index (χ1v) is 9.89. The van der Waals surface area contributed by atoms with Crippen molar-refractivity contribution in [2.24, 2.45) is 0 Å². The van der Waals surface area contributed by atoms with Gasteiger partial charge in [-0.1, -0.05) is 43.3 Å². The predicted octanol–water partition coefficient (Wildman–Crippen LogP) is 2.82. The van der Waals surface area contributed by atoms with E-state index in [0.717, 1.165) is 16.0 Å². The zero-order chi connectivity index (χ0) is 21.9. The molecule has 1 saturated heterocycles. The van der Waals surface area contributed by atoms with Crippen LogP contribution in [0.5, 0.6) is 5.75 Å². The Hall–Kier alpha value is -3.35. The molecule has 0 aromatic heterocycles. The summed E-state index contributed by atoms with van der Waals surface area (Å²) in [5.74, 6) is -0.0162. The lowest BCUT2D eigenvalue weighted by Crippen LogP contribution is -2.45. The fourth-order valence-corrected chi connectivity index (χ4v) is 3.75. The minimum atomic E-state index is -1.19. The van der Waals surface area contributed by atoms with Gasteiger partial charge in [-0.3, -0.25) is 14.5 Å². The number of hydrogen-bond donors (Lipinski definition) is 1. The maximum absolute atomic E-state index is 13.3. The van der Waals surface area contributed by atoms with Crippen LogP contribution in [0.3, 0.4) is 0 Å². The molecule has 2 aromatic rings. The number of nitrogens with one attached hydrogen (secondary N) is 1. The number of methoxy groups -OCH3 is 1. The van der Waals surface area contributed by atoms with E-state index in [9.17, 15) is 14.4 Å². The SMILES string of the molecule is CCC1(c2ccc(OC)c(C)c2)NC(=O)N(CC(=O)N(C)Cc2ccccc2)C1=O. The van der Waals surface area contributed by atoms with Gasteiger partial charge in [-0.2, -0.15) is 0 Å². The van der Waals surface area contributed by atoms with Gasteiger partial charge in [0.05, 0.1) is 7.11 Å². The van der Waals surface area contributed by atoms with Gasteiger partial charge in [0.1, 0.15) is 17.8 Å². The van der Waals surface area contributed by atoms with Gasteiger partial charge in [-0.15, -0.1) is 0 Å². The number of amides is 4. The fraction of sp³-hybridized carbons (Fsp3) is 0.348. The first-order chi connectivity index (χ1) is 14.3. The fourth-order valence-electron chi connectivity index (χ4n) is 3.75. The van der Waals surface area contributed by atoms with E-state index < -0.39 is 17.5 Å². The first-order valence-electron chi connectivity index (χ1n) is 9.89. The normalized spacial score (nSPS) is 18.3. The zero-order valence-corrected chi connectivity index (χ0v) is 17.8. The van der Waals surface area contributed by atoms with Crippen molar-refractivity contribution in [3.8, 4) is 5.75 Å². The highest BCUT2D eigenvalue weighted by atomic mass is 16.5. The van der Waals surface area contributed by atoms with Crippen LogP contribution in [0.4, 0.5) is 4.79 Å². The molecule has 1 atom stereocenters. The highest BCUT2D eigenvalue weighted by Crippen LogP contribution is 2.34. The Balaban J connectivity index is 1.79. The molecule has 2 aromatic carbocycles. The Morgan fingerprint density at radius 1 is 1.17 bits per heavy atom. The molecular formula is C23H27N3O4. The van der Waals surface area contributed by atoms with Crippen LogP contribution >= 0.6 is 0 Å². The molecule has 1 N–H and O–H groups in total. The zero-order valence-electron chi connectivity index (χ0n) is 17.8. The van der Waals surface area contributed by atoms with E-state index in [1.54, 1.807) is 26.3 Å². The largest absolute Gasteiger partial charge is 0.496 e. The molecule has 1 aliphatic rings. The number of carbonyl (C=O) groups excluding carboxylic acids is 3. The maximum Gasteiger partial charge on any atom is 0.325 e. The lowest BCUT2D eigenvalue weighted by atomic mass is 9.86. The third-order valence-corrected chi connectivity index (χ3v) is 5.58. The number of likely N-dealkylation sites (N-methyl/N-ethyl adjacent to an activating group) is 1. The second kappa shape index (κ2) is 8.57. The van der Waals surface area contributed by atoms with Gasteiger partial charge < -0.3 is 15.0 Å². The maximum atomic E-state index is 13.3. The van der Waals surface area contributed by atoms with Crippen LogP contribution in [0, 0.1) is 6.92 Å². The molecule has 0 aliphatic carbocycles. The Morgan fingerprint density at radius 3 is 2.47 bits per heavy atom. The van der Waals surface area contributed by atoms with E-state index >= 15 is 0 Å². The van der Waals surface area contributed by atoms with Crippen molar-refractivity contribution in [2.75, 3.05) is 20.7 Å². The number of urea groups is 1. The Bertz CT molecular complexity index is 960. The predicted molar refractivity (Wildman–Crippen MR) is 113 cm³/mol. The quantitative estimate of drug-likeness (QED) is 0.714. The molecule has 1 fully saturated rings. The molecule has 3 rings (SSSR count). The van der Waals surface area contributed by atoms with Crippen LogP contribution in [0.1, 0.15) is 30.0 Å². The molecule has 0 saturated carbocycles. The summed E-state index contributed by atoms with van der Waals surface area (Å²) in [7, 11) is 3.24.